The van der Waals surface area contributed by atoms with E-state index in [-0.39, 0.29) is 25.2 Å². The molecular formula is C21H30N2O5. The number of ether oxygens (including phenoxy) is 2. The molecule has 0 radical (unpaired) electrons. The second-order valence-electron chi connectivity index (χ2n) is 6.95. The first-order valence-electron chi connectivity index (χ1n) is 10.0. The van der Waals surface area contributed by atoms with Crippen LogP contribution in [0.1, 0.15) is 57.4 Å². The third-order valence-electron chi connectivity index (χ3n) is 4.69. The van der Waals surface area contributed by atoms with Crippen LogP contribution in [0, 0.1) is 0 Å². The lowest BCUT2D eigenvalue weighted by atomic mass is 10.0. The fourth-order valence-corrected chi connectivity index (χ4v) is 3.23. The van der Waals surface area contributed by atoms with E-state index in [1.54, 1.807) is 6.92 Å². The largest absolute Gasteiger partial charge is 0.464 e. The van der Waals surface area contributed by atoms with Gasteiger partial charge in [0.15, 0.2) is 0 Å². The van der Waals surface area contributed by atoms with Gasteiger partial charge in [-0.2, -0.15) is 0 Å². The molecule has 2 rings (SSSR count). The SMILES string of the molecule is CCOC(=O)C(CCCC1CCCCC(=O)N1)NC(=O)OCc1ccccc1. The molecule has 7 nitrogen and oxygen atoms in total. The number of esters is 1. The van der Waals surface area contributed by atoms with E-state index < -0.39 is 18.1 Å². The summed E-state index contributed by atoms with van der Waals surface area (Å²) in [4.78, 5) is 35.9. The number of rotatable bonds is 9. The molecule has 0 spiro atoms. The summed E-state index contributed by atoms with van der Waals surface area (Å²) in [5, 5.41) is 5.63. The first kappa shape index (κ1) is 21.7. The zero-order chi connectivity index (χ0) is 20.2. The van der Waals surface area contributed by atoms with Gasteiger partial charge in [0.1, 0.15) is 12.6 Å². The molecule has 1 heterocycles. The summed E-state index contributed by atoms with van der Waals surface area (Å²) in [7, 11) is 0. The highest BCUT2D eigenvalue weighted by Crippen LogP contribution is 2.15. The minimum atomic E-state index is -0.760. The Morgan fingerprint density at radius 3 is 2.75 bits per heavy atom. The average Bonchev–Trinajstić information content (AvgIpc) is 2.90. The van der Waals surface area contributed by atoms with Crippen LogP contribution in [0.5, 0.6) is 0 Å². The number of carbonyl (C=O) groups excluding carboxylic acids is 3. The van der Waals surface area contributed by atoms with Gasteiger partial charge < -0.3 is 20.1 Å². The second-order valence-corrected chi connectivity index (χ2v) is 6.95. The number of hydrogen-bond acceptors (Lipinski definition) is 5. The minimum absolute atomic E-state index is 0.0899. The van der Waals surface area contributed by atoms with E-state index >= 15 is 0 Å². The van der Waals surface area contributed by atoms with Gasteiger partial charge in [-0.3, -0.25) is 4.79 Å². The van der Waals surface area contributed by atoms with Crippen molar-refractivity contribution < 1.29 is 23.9 Å². The molecule has 0 aromatic heterocycles. The van der Waals surface area contributed by atoms with E-state index in [0.717, 1.165) is 31.2 Å². The normalized spacial score (nSPS) is 17.8. The van der Waals surface area contributed by atoms with Gasteiger partial charge in [-0.15, -0.1) is 0 Å². The van der Waals surface area contributed by atoms with Gasteiger partial charge in [0.05, 0.1) is 6.61 Å². The van der Waals surface area contributed by atoms with Gasteiger partial charge in [-0.25, -0.2) is 9.59 Å². The maximum Gasteiger partial charge on any atom is 0.408 e. The van der Waals surface area contributed by atoms with Gasteiger partial charge >= 0.3 is 12.1 Å². The summed E-state index contributed by atoms with van der Waals surface area (Å²) in [6.45, 7) is 2.11. The Hall–Kier alpha value is -2.57. The molecule has 1 fully saturated rings. The molecule has 1 aliphatic heterocycles. The third-order valence-corrected chi connectivity index (χ3v) is 4.69. The van der Waals surface area contributed by atoms with Crippen LogP contribution in [-0.2, 0) is 25.7 Å². The number of alkyl carbamates (subject to hydrolysis) is 1. The fourth-order valence-electron chi connectivity index (χ4n) is 3.23. The first-order valence-corrected chi connectivity index (χ1v) is 10.0. The van der Waals surface area contributed by atoms with Crippen LogP contribution in [0.2, 0.25) is 0 Å². The number of benzene rings is 1. The summed E-state index contributed by atoms with van der Waals surface area (Å²) in [5.41, 5.74) is 0.870. The minimum Gasteiger partial charge on any atom is -0.464 e. The van der Waals surface area contributed by atoms with Crippen molar-refractivity contribution >= 4 is 18.0 Å². The van der Waals surface area contributed by atoms with Crippen molar-refractivity contribution in [2.45, 2.75) is 70.6 Å². The molecule has 154 valence electrons. The number of hydrogen-bond donors (Lipinski definition) is 2. The molecule has 2 unspecified atom stereocenters. The molecular weight excluding hydrogens is 360 g/mol. The highest BCUT2D eigenvalue weighted by atomic mass is 16.6. The molecule has 28 heavy (non-hydrogen) atoms. The van der Waals surface area contributed by atoms with Gasteiger partial charge in [0.25, 0.3) is 0 Å². The number of amides is 2. The Balaban J connectivity index is 1.80. The zero-order valence-electron chi connectivity index (χ0n) is 16.4. The maximum absolute atomic E-state index is 12.2. The van der Waals surface area contributed by atoms with Crippen molar-refractivity contribution in [2.24, 2.45) is 0 Å². The maximum atomic E-state index is 12.2. The summed E-state index contributed by atoms with van der Waals surface area (Å²) in [5.74, 6) is -0.379. The van der Waals surface area contributed by atoms with Crippen LogP contribution >= 0.6 is 0 Å². The van der Waals surface area contributed by atoms with Crippen molar-refractivity contribution in [1.82, 2.24) is 10.6 Å². The second kappa shape index (κ2) is 12.0. The van der Waals surface area contributed by atoms with Gasteiger partial charge in [0, 0.05) is 12.5 Å². The lowest BCUT2D eigenvalue weighted by Gasteiger charge is -2.19. The van der Waals surface area contributed by atoms with Crippen LogP contribution in [0.3, 0.4) is 0 Å². The molecule has 1 aliphatic rings. The molecule has 1 aromatic carbocycles. The Labute approximate surface area is 166 Å². The summed E-state index contributed by atoms with van der Waals surface area (Å²) in [6.07, 6.45) is 4.71. The Morgan fingerprint density at radius 1 is 1.21 bits per heavy atom. The van der Waals surface area contributed by atoms with Crippen molar-refractivity contribution in [3.8, 4) is 0 Å². The van der Waals surface area contributed by atoms with Crippen molar-refractivity contribution in [2.75, 3.05) is 6.61 Å². The highest BCUT2D eigenvalue weighted by Gasteiger charge is 2.24. The monoisotopic (exact) mass is 390 g/mol. The topological polar surface area (TPSA) is 93.7 Å². The van der Waals surface area contributed by atoms with Crippen LogP contribution < -0.4 is 10.6 Å². The van der Waals surface area contributed by atoms with E-state index in [0.29, 0.717) is 19.3 Å². The molecule has 0 aliphatic carbocycles. The lowest BCUT2D eigenvalue weighted by molar-refractivity contribution is -0.145. The summed E-state index contributed by atoms with van der Waals surface area (Å²) >= 11 is 0. The summed E-state index contributed by atoms with van der Waals surface area (Å²) in [6, 6.07) is 8.70. The molecule has 1 aromatic rings. The smallest absolute Gasteiger partial charge is 0.408 e. The van der Waals surface area contributed by atoms with Crippen LogP contribution in [0.4, 0.5) is 4.79 Å². The predicted octanol–water partition coefficient (Wildman–Crippen LogP) is 3.07. The number of carbonyl (C=O) groups is 3. The Morgan fingerprint density at radius 2 is 2.00 bits per heavy atom. The standard InChI is InChI=1S/C21H30N2O5/c1-2-27-20(25)18(13-8-12-17-11-6-7-14-19(24)22-17)23-21(26)28-15-16-9-4-3-5-10-16/h3-5,9-10,17-18H,2,6-8,11-15H2,1H3,(H,22,24)(H,23,26). The lowest BCUT2D eigenvalue weighted by Crippen LogP contribution is -2.42. The molecule has 0 bridgehead atoms. The predicted molar refractivity (Wildman–Crippen MR) is 104 cm³/mol. The molecule has 2 N–H and O–H groups in total. The van der Waals surface area contributed by atoms with Crippen LogP contribution in [0.15, 0.2) is 30.3 Å². The average molecular weight is 390 g/mol. The van der Waals surface area contributed by atoms with Crippen LogP contribution in [-0.4, -0.2) is 36.7 Å². The van der Waals surface area contributed by atoms with E-state index in [1.807, 2.05) is 30.3 Å². The Kier molecular flexibility index (Phi) is 9.31. The van der Waals surface area contributed by atoms with Gasteiger partial charge in [0.2, 0.25) is 5.91 Å². The van der Waals surface area contributed by atoms with E-state index in [1.165, 1.54) is 0 Å². The quantitative estimate of drug-likeness (QED) is 0.632. The molecule has 7 heteroatoms. The molecule has 0 saturated carbocycles. The van der Waals surface area contributed by atoms with Gasteiger partial charge in [-0.05, 0) is 44.6 Å². The van der Waals surface area contributed by atoms with Crippen LogP contribution in [0.25, 0.3) is 0 Å². The molecule has 1 saturated heterocycles. The van der Waals surface area contributed by atoms with E-state index in [4.69, 9.17) is 9.47 Å². The summed E-state index contributed by atoms with van der Waals surface area (Å²) < 4.78 is 10.3. The molecule has 2 atom stereocenters. The van der Waals surface area contributed by atoms with Gasteiger partial charge in [-0.1, -0.05) is 36.8 Å². The van der Waals surface area contributed by atoms with Crippen molar-refractivity contribution in [3.05, 3.63) is 35.9 Å². The highest BCUT2D eigenvalue weighted by molar-refractivity contribution is 5.81. The van der Waals surface area contributed by atoms with E-state index in [9.17, 15) is 14.4 Å². The van der Waals surface area contributed by atoms with E-state index in [2.05, 4.69) is 10.6 Å². The van der Waals surface area contributed by atoms with Crippen molar-refractivity contribution in [1.29, 1.82) is 0 Å². The zero-order valence-corrected chi connectivity index (χ0v) is 16.4. The molecule has 2 amide bonds. The first-order chi connectivity index (χ1) is 13.6. The van der Waals surface area contributed by atoms with Crippen molar-refractivity contribution in [3.63, 3.8) is 0 Å². The number of nitrogens with one attached hydrogen (secondary N) is 2. The fraction of sp³-hybridized carbons (Fsp3) is 0.571. The Bertz CT molecular complexity index is 635. The third kappa shape index (κ3) is 7.98.